The second-order valence-corrected chi connectivity index (χ2v) is 9.83. The molecule has 1 heterocycles. The molecule has 0 aromatic heterocycles. The van der Waals surface area contributed by atoms with Crippen molar-refractivity contribution in [2.45, 2.75) is 70.5 Å². The van der Waals surface area contributed by atoms with Gasteiger partial charge in [-0.1, -0.05) is 49.6 Å². The Morgan fingerprint density at radius 1 is 1.09 bits per heavy atom. The lowest BCUT2D eigenvalue weighted by Gasteiger charge is -2.37. The van der Waals surface area contributed by atoms with Gasteiger partial charge in [0.1, 0.15) is 0 Å². The van der Waals surface area contributed by atoms with Crippen LogP contribution < -0.4 is 9.62 Å². The van der Waals surface area contributed by atoms with Gasteiger partial charge >= 0.3 is 6.09 Å². The van der Waals surface area contributed by atoms with Gasteiger partial charge in [-0.15, -0.1) is 0 Å². The molecule has 2 N–H and O–H groups in total. The third kappa shape index (κ3) is 5.67. The highest BCUT2D eigenvalue weighted by Gasteiger charge is 2.31. The Morgan fingerprint density at radius 3 is 2.48 bits per heavy atom. The molecule has 4 rings (SSSR count). The summed E-state index contributed by atoms with van der Waals surface area (Å²) in [5.74, 6) is 0. The van der Waals surface area contributed by atoms with Gasteiger partial charge in [0.2, 0.25) is 0 Å². The maximum Gasteiger partial charge on any atom is 0.409 e. The van der Waals surface area contributed by atoms with Gasteiger partial charge in [-0.2, -0.15) is 0 Å². The maximum absolute atomic E-state index is 12.5. The van der Waals surface area contributed by atoms with E-state index in [1.807, 2.05) is 24.3 Å². The molecule has 1 amide bonds. The molecule has 8 heteroatoms. The van der Waals surface area contributed by atoms with Gasteiger partial charge in [0.05, 0.1) is 12.3 Å². The van der Waals surface area contributed by atoms with Gasteiger partial charge < -0.3 is 15.0 Å². The Hall–Kier alpha value is -2.16. The summed E-state index contributed by atoms with van der Waals surface area (Å²) in [5, 5.41) is 5.81. The van der Waals surface area contributed by atoms with E-state index in [9.17, 15) is 13.6 Å². The zero-order chi connectivity index (χ0) is 23.2. The summed E-state index contributed by atoms with van der Waals surface area (Å²) in [7, 11) is 0. The number of nitrogens with zero attached hydrogens (tertiary/aromatic N) is 2. The Labute approximate surface area is 198 Å². The predicted molar refractivity (Wildman–Crippen MR) is 133 cm³/mol. The lowest BCUT2D eigenvalue weighted by Crippen LogP contribution is -2.47. The molecule has 2 aromatic carbocycles. The molecule has 0 bridgehead atoms. The lowest BCUT2D eigenvalue weighted by atomic mass is 9.95. The average molecular weight is 474 g/mol. The van der Waals surface area contributed by atoms with Crippen molar-refractivity contribution < 1.29 is 18.3 Å². The number of ether oxygens (including phenoxy) is 1. The van der Waals surface area contributed by atoms with Crippen LogP contribution in [0.2, 0.25) is 0 Å². The van der Waals surface area contributed by atoms with E-state index in [2.05, 4.69) is 17.4 Å². The number of fused-ring (bicyclic) bond motifs is 1. The van der Waals surface area contributed by atoms with Crippen LogP contribution in [0.25, 0.3) is 10.8 Å². The van der Waals surface area contributed by atoms with Crippen molar-refractivity contribution in [1.29, 1.82) is 0 Å². The number of benzene rings is 2. The molecule has 0 spiro atoms. The van der Waals surface area contributed by atoms with Crippen LogP contribution in [0.3, 0.4) is 0 Å². The zero-order valence-electron chi connectivity index (χ0n) is 19.4. The highest BCUT2D eigenvalue weighted by molar-refractivity contribution is 7.80. The fourth-order valence-electron chi connectivity index (χ4n) is 5.17. The summed E-state index contributed by atoms with van der Waals surface area (Å²) < 4.78 is 29.5. The van der Waals surface area contributed by atoms with Gasteiger partial charge in [0.25, 0.3) is 11.3 Å². The monoisotopic (exact) mass is 473 g/mol. The van der Waals surface area contributed by atoms with Crippen LogP contribution in [0, 0.1) is 0 Å². The fraction of sp³-hybridized carbons (Fsp3) is 0.560. The summed E-state index contributed by atoms with van der Waals surface area (Å²) in [6.45, 7) is 3.96. The molecular weight excluding hydrogens is 438 g/mol. The molecule has 7 nitrogen and oxygen atoms in total. The third-order valence-electron chi connectivity index (χ3n) is 6.90. The maximum atomic E-state index is 12.5. The summed E-state index contributed by atoms with van der Waals surface area (Å²) in [6, 6.07) is 12.6. The quantitative estimate of drug-likeness (QED) is 0.563. The zero-order valence-corrected chi connectivity index (χ0v) is 20.2. The Balaban J connectivity index is 1.54. The van der Waals surface area contributed by atoms with Crippen molar-refractivity contribution in [1.82, 2.24) is 10.2 Å². The first-order valence-electron chi connectivity index (χ1n) is 12.1. The minimum Gasteiger partial charge on any atom is -0.450 e. The number of amides is 1. The van der Waals surface area contributed by atoms with Crippen LogP contribution in [0.5, 0.6) is 0 Å². The van der Waals surface area contributed by atoms with Crippen molar-refractivity contribution in [3.05, 3.63) is 42.0 Å². The van der Waals surface area contributed by atoms with Crippen molar-refractivity contribution in [3.63, 3.8) is 0 Å². The normalized spacial score (nSPS) is 18.9. The minimum atomic E-state index is -2.16. The first-order chi connectivity index (χ1) is 16.1. The molecule has 1 saturated carbocycles. The van der Waals surface area contributed by atoms with Crippen LogP contribution in [0.15, 0.2) is 36.4 Å². The van der Waals surface area contributed by atoms with E-state index in [1.54, 1.807) is 16.1 Å². The van der Waals surface area contributed by atoms with Crippen LogP contribution >= 0.6 is 0 Å². The van der Waals surface area contributed by atoms with Crippen molar-refractivity contribution in [2.75, 3.05) is 24.0 Å². The smallest absolute Gasteiger partial charge is 0.409 e. The molecule has 1 aliphatic heterocycles. The number of carbonyl (C=O) groups excluding carboxylic acids is 1. The largest absolute Gasteiger partial charge is 0.450 e. The van der Waals surface area contributed by atoms with Crippen molar-refractivity contribution in [3.8, 4) is 0 Å². The molecule has 33 heavy (non-hydrogen) atoms. The average Bonchev–Trinajstić information content (AvgIpc) is 2.84. The van der Waals surface area contributed by atoms with E-state index >= 15 is 0 Å². The van der Waals surface area contributed by atoms with E-state index in [0.717, 1.165) is 23.0 Å². The van der Waals surface area contributed by atoms with E-state index in [0.29, 0.717) is 38.6 Å². The standard InChI is InChI=1S/C25H35N3O4S/c1-2-32-25(29)27-16-14-21(15-17-27)28(33(30)31)24-13-7-11-22-19(8-6-12-23(22)24)18-26-20-9-4-3-5-10-20/h6-8,11-13,20-21,26H,2-5,9-10,14-18H2,1H3,(H,30,31). The Morgan fingerprint density at radius 2 is 1.79 bits per heavy atom. The van der Waals surface area contributed by atoms with Gasteiger partial charge in [-0.3, -0.25) is 8.86 Å². The molecular formula is C25H35N3O4S. The number of rotatable bonds is 7. The van der Waals surface area contributed by atoms with Crippen LogP contribution in [0.4, 0.5) is 10.5 Å². The molecule has 2 aromatic rings. The van der Waals surface area contributed by atoms with Gasteiger partial charge in [-0.25, -0.2) is 9.00 Å². The molecule has 0 radical (unpaired) electrons. The highest BCUT2D eigenvalue weighted by atomic mass is 32.2. The molecule has 2 fully saturated rings. The molecule has 1 unspecified atom stereocenters. The number of likely N-dealkylation sites (tertiary alicyclic amines) is 1. The van der Waals surface area contributed by atoms with E-state index in [1.165, 1.54) is 37.7 Å². The number of carbonyl (C=O) groups is 1. The molecule has 2 aliphatic rings. The molecule has 1 atom stereocenters. The van der Waals surface area contributed by atoms with Crippen LogP contribution in [0.1, 0.15) is 57.4 Å². The van der Waals surface area contributed by atoms with Gasteiger partial charge in [-0.05, 0) is 49.6 Å². The molecule has 180 valence electrons. The Bertz CT molecular complexity index is 971. The van der Waals surface area contributed by atoms with Gasteiger partial charge in [0.15, 0.2) is 0 Å². The van der Waals surface area contributed by atoms with Crippen LogP contribution in [-0.2, 0) is 22.5 Å². The van der Waals surface area contributed by atoms with Crippen molar-refractivity contribution in [2.24, 2.45) is 0 Å². The Kier molecular flexibility index (Phi) is 8.22. The molecule has 1 saturated heterocycles. The predicted octanol–water partition coefficient (Wildman–Crippen LogP) is 4.83. The van der Waals surface area contributed by atoms with Gasteiger partial charge in [0, 0.05) is 37.1 Å². The number of hydrogen-bond acceptors (Lipinski definition) is 4. The summed E-state index contributed by atoms with van der Waals surface area (Å²) in [4.78, 5) is 13.7. The van der Waals surface area contributed by atoms with E-state index in [-0.39, 0.29) is 12.1 Å². The topological polar surface area (TPSA) is 82.1 Å². The first kappa shape index (κ1) is 24.0. The van der Waals surface area contributed by atoms with E-state index < -0.39 is 11.3 Å². The number of nitrogens with one attached hydrogen (secondary N) is 1. The third-order valence-corrected chi connectivity index (χ3v) is 7.73. The summed E-state index contributed by atoms with van der Waals surface area (Å²) >= 11 is -2.16. The number of hydrogen-bond donors (Lipinski definition) is 2. The van der Waals surface area contributed by atoms with E-state index in [4.69, 9.17) is 4.74 Å². The number of piperidine rings is 1. The second kappa shape index (κ2) is 11.3. The van der Waals surface area contributed by atoms with Crippen LogP contribution in [-0.4, -0.2) is 51.5 Å². The minimum absolute atomic E-state index is 0.129. The lowest BCUT2D eigenvalue weighted by molar-refractivity contribution is 0.0976. The molecule has 1 aliphatic carbocycles. The second-order valence-electron chi connectivity index (χ2n) is 8.98. The first-order valence-corrected chi connectivity index (χ1v) is 13.2. The number of anilines is 1. The fourth-order valence-corrected chi connectivity index (χ4v) is 5.97. The summed E-state index contributed by atoms with van der Waals surface area (Å²) in [6.07, 6.45) is 7.31. The SMILES string of the molecule is CCOC(=O)N1CCC(N(c2cccc3c(CNC4CCCCC4)cccc23)S(=O)O)CC1. The summed E-state index contributed by atoms with van der Waals surface area (Å²) in [5.41, 5.74) is 1.98. The van der Waals surface area contributed by atoms with Crippen molar-refractivity contribution >= 4 is 33.8 Å². The highest BCUT2D eigenvalue weighted by Crippen LogP contribution is 2.33.